The van der Waals surface area contributed by atoms with Gasteiger partial charge in [-0.3, -0.25) is 14.4 Å². The quantitative estimate of drug-likeness (QED) is 0.0261. The summed E-state index contributed by atoms with van der Waals surface area (Å²) in [5.74, 6) is -0.922. The Kier molecular flexibility index (Phi) is 61.2. The monoisotopic (exact) mass is 1060 g/mol. The molecule has 0 N–H and O–H groups in total. The second-order valence-electron chi connectivity index (χ2n) is 21.6. The molecule has 0 saturated carbocycles. The normalized spacial score (nSPS) is 12.6. The topological polar surface area (TPSA) is 78.9 Å². The molecular weight excluding hydrogens is 937 g/mol. The molecular formula is C70H122O6. The molecule has 0 fully saturated rings. The zero-order valence-electron chi connectivity index (χ0n) is 50.3. The summed E-state index contributed by atoms with van der Waals surface area (Å²) < 4.78 is 16.9. The van der Waals surface area contributed by atoms with E-state index in [0.29, 0.717) is 19.3 Å². The first-order valence-corrected chi connectivity index (χ1v) is 32.6. The van der Waals surface area contributed by atoms with Crippen LogP contribution >= 0.6 is 0 Å². The molecule has 0 rings (SSSR count). The zero-order valence-corrected chi connectivity index (χ0v) is 50.3. The number of carbonyl (C=O) groups is 3. The van der Waals surface area contributed by atoms with Crippen molar-refractivity contribution in [1.29, 1.82) is 0 Å². The van der Waals surface area contributed by atoms with E-state index in [-0.39, 0.29) is 37.5 Å². The van der Waals surface area contributed by atoms with Crippen LogP contribution in [0.25, 0.3) is 0 Å². The molecule has 0 radical (unpaired) electrons. The van der Waals surface area contributed by atoms with Gasteiger partial charge in [-0.2, -0.15) is 0 Å². The Bertz CT molecular complexity index is 1450. The Morgan fingerprint density at radius 3 is 0.842 bits per heavy atom. The average Bonchev–Trinajstić information content (AvgIpc) is 3.42. The largest absolute Gasteiger partial charge is 0.462 e. The number of unbranched alkanes of at least 4 members (excludes halogenated alkanes) is 34. The van der Waals surface area contributed by atoms with Crippen LogP contribution in [0.1, 0.15) is 323 Å². The molecule has 0 saturated heterocycles. The van der Waals surface area contributed by atoms with Crippen molar-refractivity contribution in [1.82, 2.24) is 0 Å². The lowest BCUT2D eigenvalue weighted by molar-refractivity contribution is -0.167. The van der Waals surface area contributed by atoms with E-state index in [1.165, 1.54) is 186 Å². The summed E-state index contributed by atoms with van der Waals surface area (Å²) in [4.78, 5) is 38.3. The van der Waals surface area contributed by atoms with Gasteiger partial charge in [0.25, 0.3) is 0 Å². The number of hydrogen-bond acceptors (Lipinski definition) is 6. The van der Waals surface area contributed by atoms with E-state index >= 15 is 0 Å². The average molecular weight is 1060 g/mol. The molecule has 0 aliphatic rings. The SMILES string of the molecule is CC/C=C\C/C=C\C/C=C\C/C=C\C/C=C\C/C=C\CCCCC(=O)OC(COC(=O)CCCCCCCCCCCCCC)COC(=O)CCCCCCCCCCCCCCC/C=C\CCCCCCCCCC. The van der Waals surface area contributed by atoms with Crippen LogP contribution in [0.3, 0.4) is 0 Å². The molecule has 0 bridgehead atoms. The van der Waals surface area contributed by atoms with Gasteiger partial charge in [0.1, 0.15) is 13.2 Å². The summed E-state index contributed by atoms with van der Waals surface area (Å²) in [7, 11) is 0. The van der Waals surface area contributed by atoms with Gasteiger partial charge in [0.2, 0.25) is 0 Å². The predicted octanol–water partition coefficient (Wildman–Crippen LogP) is 22.3. The lowest BCUT2D eigenvalue weighted by Crippen LogP contribution is -2.30. The minimum absolute atomic E-state index is 0.0913. The van der Waals surface area contributed by atoms with E-state index < -0.39 is 6.10 Å². The third-order valence-electron chi connectivity index (χ3n) is 14.1. The highest BCUT2D eigenvalue weighted by Gasteiger charge is 2.19. The second kappa shape index (κ2) is 64.1. The van der Waals surface area contributed by atoms with Crippen LogP contribution in [-0.4, -0.2) is 37.2 Å². The lowest BCUT2D eigenvalue weighted by atomic mass is 10.0. The molecule has 0 aliphatic carbocycles. The van der Waals surface area contributed by atoms with Crippen LogP contribution in [0.15, 0.2) is 85.1 Å². The van der Waals surface area contributed by atoms with E-state index in [2.05, 4.69) is 106 Å². The molecule has 6 nitrogen and oxygen atoms in total. The van der Waals surface area contributed by atoms with Gasteiger partial charge < -0.3 is 14.2 Å². The van der Waals surface area contributed by atoms with Crippen molar-refractivity contribution in [2.24, 2.45) is 0 Å². The summed E-state index contributed by atoms with van der Waals surface area (Å²) in [6.07, 6.45) is 84.6. The Labute approximate surface area is 471 Å². The molecule has 1 atom stereocenters. The Morgan fingerprint density at radius 1 is 0.276 bits per heavy atom. The Balaban J connectivity index is 4.34. The Hall–Kier alpha value is -3.41. The van der Waals surface area contributed by atoms with E-state index in [1.54, 1.807) is 0 Å². The highest BCUT2D eigenvalue weighted by Crippen LogP contribution is 2.17. The number of esters is 3. The van der Waals surface area contributed by atoms with E-state index in [1.807, 2.05) is 0 Å². The van der Waals surface area contributed by atoms with Crippen molar-refractivity contribution < 1.29 is 28.6 Å². The number of carbonyl (C=O) groups excluding carboxylic acids is 3. The molecule has 0 heterocycles. The molecule has 0 amide bonds. The van der Waals surface area contributed by atoms with Gasteiger partial charge in [0.15, 0.2) is 6.10 Å². The third-order valence-corrected chi connectivity index (χ3v) is 14.1. The van der Waals surface area contributed by atoms with Crippen molar-refractivity contribution in [2.75, 3.05) is 13.2 Å². The number of allylic oxidation sites excluding steroid dienone is 14. The van der Waals surface area contributed by atoms with Gasteiger partial charge in [-0.25, -0.2) is 0 Å². The van der Waals surface area contributed by atoms with Gasteiger partial charge in [-0.15, -0.1) is 0 Å². The van der Waals surface area contributed by atoms with Crippen molar-refractivity contribution >= 4 is 17.9 Å². The lowest BCUT2D eigenvalue weighted by Gasteiger charge is -2.18. The summed E-state index contributed by atoms with van der Waals surface area (Å²) >= 11 is 0. The highest BCUT2D eigenvalue weighted by molar-refractivity contribution is 5.71. The summed E-state index contributed by atoms with van der Waals surface area (Å²) in [6.45, 7) is 6.52. The van der Waals surface area contributed by atoms with Crippen molar-refractivity contribution in [3.63, 3.8) is 0 Å². The van der Waals surface area contributed by atoms with Crippen molar-refractivity contribution in [3.05, 3.63) is 85.1 Å². The summed E-state index contributed by atoms with van der Waals surface area (Å²) in [5.41, 5.74) is 0. The number of rotatable bonds is 59. The molecule has 0 aromatic heterocycles. The van der Waals surface area contributed by atoms with E-state index in [9.17, 15) is 14.4 Å². The zero-order chi connectivity index (χ0) is 55.0. The fourth-order valence-corrected chi connectivity index (χ4v) is 9.27. The van der Waals surface area contributed by atoms with Gasteiger partial charge in [0.05, 0.1) is 0 Å². The maximum atomic E-state index is 12.9. The molecule has 1 unspecified atom stereocenters. The fraction of sp³-hybridized carbons (Fsp3) is 0.757. The van der Waals surface area contributed by atoms with Crippen LogP contribution in [0, 0.1) is 0 Å². The molecule has 0 aromatic rings. The molecule has 0 aromatic carbocycles. The first-order valence-electron chi connectivity index (χ1n) is 32.6. The smallest absolute Gasteiger partial charge is 0.306 e. The first-order chi connectivity index (χ1) is 37.5. The van der Waals surface area contributed by atoms with Crippen LogP contribution in [0.2, 0.25) is 0 Å². The highest BCUT2D eigenvalue weighted by atomic mass is 16.6. The van der Waals surface area contributed by atoms with Crippen LogP contribution in [0.4, 0.5) is 0 Å². The van der Waals surface area contributed by atoms with Crippen LogP contribution < -0.4 is 0 Å². The van der Waals surface area contributed by atoms with Crippen LogP contribution in [0.5, 0.6) is 0 Å². The molecule has 76 heavy (non-hydrogen) atoms. The van der Waals surface area contributed by atoms with Gasteiger partial charge >= 0.3 is 17.9 Å². The van der Waals surface area contributed by atoms with Crippen molar-refractivity contribution in [2.45, 2.75) is 329 Å². The maximum absolute atomic E-state index is 12.9. The standard InChI is InChI=1S/C70H122O6/c1-4-7-10-13-16-19-22-25-27-29-31-33-34-35-36-38-39-41-43-45-48-51-54-57-60-63-69(72)75-66-67(65-74-68(71)62-59-56-53-50-47-24-21-18-15-12-9-6-3)76-70(73)64-61-58-55-52-49-46-44-42-40-37-32-30-28-26-23-20-17-14-11-8-5-2/h8,11,17,20,26,28-29,31-32,37,42,44,49,52,67H,4-7,9-10,12-16,18-19,21-25,27,30,33-36,38-41,43,45-48,50-51,53-66H2,1-3H3/b11-8-,20-17-,28-26-,31-29-,37-32-,44-42-,52-49-. The maximum Gasteiger partial charge on any atom is 0.306 e. The fourth-order valence-electron chi connectivity index (χ4n) is 9.27. The molecule has 438 valence electrons. The molecule has 0 spiro atoms. The van der Waals surface area contributed by atoms with Gasteiger partial charge in [-0.1, -0.05) is 292 Å². The number of ether oxygens (including phenoxy) is 3. The number of hydrogen-bond donors (Lipinski definition) is 0. The van der Waals surface area contributed by atoms with Gasteiger partial charge in [-0.05, 0) is 96.3 Å². The van der Waals surface area contributed by atoms with Crippen LogP contribution in [-0.2, 0) is 28.6 Å². The minimum atomic E-state index is -0.799. The second-order valence-corrected chi connectivity index (χ2v) is 21.6. The molecule has 0 aliphatic heterocycles. The predicted molar refractivity (Wildman–Crippen MR) is 330 cm³/mol. The first kappa shape index (κ1) is 72.6. The summed E-state index contributed by atoms with van der Waals surface area (Å²) in [6, 6.07) is 0. The van der Waals surface area contributed by atoms with E-state index in [4.69, 9.17) is 14.2 Å². The van der Waals surface area contributed by atoms with Crippen molar-refractivity contribution in [3.8, 4) is 0 Å². The van der Waals surface area contributed by atoms with Gasteiger partial charge in [0, 0.05) is 19.3 Å². The minimum Gasteiger partial charge on any atom is -0.462 e. The Morgan fingerprint density at radius 2 is 0.513 bits per heavy atom. The van der Waals surface area contributed by atoms with E-state index in [0.717, 1.165) is 89.9 Å². The third kappa shape index (κ3) is 61.4. The summed E-state index contributed by atoms with van der Waals surface area (Å²) in [5, 5.41) is 0. The molecule has 6 heteroatoms.